The first-order chi connectivity index (χ1) is 9.49. The Bertz CT molecular complexity index is 578. The maximum atomic E-state index is 6.11. The molecule has 2 aromatic rings. The molecule has 0 aliphatic rings. The summed E-state index contributed by atoms with van der Waals surface area (Å²) in [6.07, 6.45) is 0.993. The second-order valence-electron chi connectivity index (χ2n) is 6.16. The van der Waals surface area contributed by atoms with Crippen LogP contribution < -0.4 is 10.1 Å². The molecule has 1 N–H and O–H groups in total. The molecule has 0 aliphatic heterocycles. The van der Waals surface area contributed by atoms with Crippen molar-refractivity contribution in [2.24, 2.45) is 0 Å². The predicted octanol–water partition coefficient (Wildman–Crippen LogP) is 4.24. The molecule has 3 heteroatoms. The first-order valence-corrected chi connectivity index (χ1v) is 7.31. The third-order valence-electron chi connectivity index (χ3n) is 3.30. The summed E-state index contributed by atoms with van der Waals surface area (Å²) >= 11 is 0. The van der Waals surface area contributed by atoms with Crippen molar-refractivity contribution in [1.82, 2.24) is 5.32 Å². The minimum absolute atomic E-state index is 0.0425. The first kappa shape index (κ1) is 14.9. The normalized spacial score (nSPS) is 12.1. The number of ether oxygens (including phenoxy) is 1. The fraction of sp³-hybridized carbons (Fsp3) is 0.529. The van der Waals surface area contributed by atoms with E-state index in [9.17, 15) is 0 Å². The van der Waals surface area contributed by atoms with E-state index in [1.54, 1.807) is 0 Å². The molecule has 0 bridgehead atoms. The molecule has 1 aromatic heterocycles. The lowest BCUT2D eigenvalue weighted by atomic mass is 9.84. The Hall–Kier alpha value is -1.48. The molecule has 1 aromatic carbocycles. The van der Waals surface area contributed by atoms with Crippen LogP contribution in [0.5, 0.6) is 5.75 Å². The Balaban J connectivity index is 2.61. The Labute approximate surface area is 121 Å². The zero-order valence-electron chi connectivity index (χ0n) is 13.2. The van der Waals surface area contributed by atoms with Gasteiger partial charge in [-0.25, -0.2) is 0 Å². The quantitative estimate of drug-likeness (QED) is 0.886. The van der Waals surface area contributed by atoms with Gasteiger partial charge in [0.15, 0.2) is 11.3 Å². The van der Waals surface area contributed by atoms with Crippen molar-refractivity contribution in [2.75, 3.05) is 13.7 Å². The topological polar surface area (TPSA) is 34.4 Å². The van der Waals surface area contributed by atoms with Crippen LogP contribution in [0.1, 0.15) is 45.4 Å². The number of nitrogens with one attached hydrogen (secondary N) is 1. The summed E-state index contributed by atoms with van der Waals surface area (Å²) in [5.41, 5.74) is 2.18. The van der Waals surface area contributed by atoms with Crippen LogP contribution in [0, 0.1) is 0 Å². The number of hydrogen-bond acceptors (Lipinski definition) is 3. The molecule has 0 saturated carbocycles. The lowest BCUT2D eigenvalue weighted by molar-refractivity contribution is 0.315. The van der Waals surface area contributed by atoms with Gasteiger partial charge in [-0.3, -0.25) is 0 Å². The van der Waals surface area contributed by atoms with E-state index in [2.05, 4.69) is 39.1 Å². The minimum atomic E-state index is 0.0425. The van der Waals surface area contributed by atoms with Crippen molar-refractivity contribution < 1.29 is 9.15 Å². The average Bonchev–Trinajstić information content (AvgIpc) is 2.75. The SMILES string of the molecule is CCCOc1cccc2c(C(C)(C)C)c(CNC)oc12. The van der Waals surface area contributed by atoms with Crippen LogP contribution >= 0.6 is 0 Å². The average molecular weight is 275 g/mol. The zero-order chi connectivity index (χ0) is 14.8. The molecule has 0 radical (unpaired) electrons. The Morgan fingerprint density at radius 1 is 1.25 bits per heavy atom. The van der Waals surface area contributed by atoms with Gasteiger partial charge in [0.2, 0.25) is 0 Å². The molecular formula is C17H25NO2. The molecule has 0 amide bonds. The van der Waals surface area contributed by atoms with Crippen LogP contribution in [0.4, 0.5) is 0 Å². The highest BCUT2D eigenvalue weighted by molar-refractivity contribution is 5.88. The van der Waals surface area contributed by atoms with Gasteiger partial charge in [0, 0.05) is 10.9 Å². The van der Waals surface area contributed by atoms with Crippen LogP contribution in [0.25, 0.3) is 11.0 Å². The van der Waals surface area contributed by atoms with Crippen molar-refractivity contribution in [2.45, 2.75) is 46.1 Å². The molecule has 0 saturated heterocycles. The van der Waals surface area contributed by atoms with Crippen LogP contribution in [0.3, 0.4) is 0 Å². The van der Waals surface area contributed by atoms with Gasteiger partial charge in [0.25, 0.3) is 0 Å². The second kappa shape index (κ2) is 5.88. The van der Waals surface area contributed by atoms with E-state index in [-0.39, 0.29) is 5.41 Å². The molecule has 0 atom stereocenters. The van der Waals surface area contributed by atoms with Crippen molar-refractivity contribution >= 4 is 11.0 Å². The van der Waals surface area contributed by atoms with Crippen molar-refractivity contribution in [3.8, 4) is 5.75 Å². The van der Waals surface area contributed by atoms with Crippen LogP contribution in [0.15, 0.2) is 22.6 Å². The highest BCUT2D eigenvalue weighted by Crippen LogP contribution is 2.39. The monoisotopic (exact) mass is 275 g/mol. The number of para-hydroxylation sites is 1. The van der Waals surface area contributed by atoms with E-state index in [1.165, 1.54) is 5.56 Å². The fourth-order valence-electron chi connectivity index (χ4n) is 2.58. The van der Waals surface area contributed by atoms with Crippen LogP contribution in [0.2, 0.25) is 0 Å². The van der Waals surface area contributed by atoms with Crippen molar-refractivity contribution in [1.29, 1.82) is 0 Å². The highest BCUT2D eigenvalue weighted by Gasteiger charge is 2.26. The van der Waals surface area contributed by atoms with E-state index < -0.39 is 0 Å². The standard InChI is InChI=1S/C17H25NO2/c1-6-10-19-13-9-7-8-12-15(17(2,3)4)14(11-18-5)20-16(12)13/h7-9,18H,6,10-11H2,1-5H3. The molecule has 110 valence electrons. The number of hydrogen-bond donors (Lipinski definition) is 1. The summed E-state index contributed by atoms with van der Waals surface area (Å²) < 4.78 is 11.9. The van der Waals surface area contributed by atoms with Gasteiger partial charge in [0.1, 0.15) is 5.76 Å². The van der Waals surface area contributed by atoms with Crippen LogP contribution in [-0.2, 0) is 12.0 Å². The zero-order valence-corrected chi connectivity index (χ0v) is 13.2. The fourth-order valence-corrected chi connectivity index (χ4v) is 2.58. The van der Waals surface area contributed by atoms with Gasteiger partial charge >= 0.3 is 0 Å². The molecular weight excluding hydrogens is 250 g/mol. The summed E-state index contributed by atoms with van der Waals surface area (Å²) in [6.45, 7) is 10.2. The number of fused-ring (bicyclic) bond motifs is 1. The highest BCUT2D eigenvalue weighted by atomic mass is 16.5. The number of rotatable bonds is 5. The van der Waals surface area contributed by atoms with E-state index in [4.69, 9.17) is 9.15 Å². The molecule has 0 fully saturated rings. The van der Waals surface area contributed by atoms with Crippen LogP contribution in [-0.4, -0.2) is 13.7 Å². The summed E-state index contributed by atoms with van der Waals surface area (Å²) in [4.78, 5) is 0. The molecule has 0 aliphatic carbocycles. The number of benzene rings is 1. The second-order valence-corrected chi connectivity index (χ2v) is 6.16. The maximum absolute atomic E-state index is 6.11. The summed E-state index contributed by atoms with van der Waals surface area (Å²) in [5, 5.41) is 4.35. The Kier molecular flexibility index (Phi) is 4.39. The number of furan rings is 1. The lowest BCUT2D eigenvalue weighted by Gasteiger charge is -2.19. The molecule has 2 rings (SSSR count). The Morgan fingerprint density at radius 2 is 2.00 bits per heavy atom. The summed E-state index contributed by atoms with van der Waals surface area (Å²) in [7, 11) is 1.94. The van der Waals surface area contributed by atoms with E-state index >= 15 is 0 Å². The van der Waals surface area contributed by atoms with E-state index in [0.29, 0.717) is 6.61 Å². The summed E-state index contributed by atoms with van der Waals surface area (Å²) in [6, 6.07) is 6.15. The van der Waals surface area contributed by atoms with Gasteiger partial charge in [-0.15, -0.1) is 0 Å². The predicted molar refractivity (Wildman–Crippen MR) is 83.5 cm³/mol. The van der Waals surface area contributed by atoms with Gasteiger partial charge in [-0.1, -0.05) is 39.8 Å². The first-order valence-electron chi connectivity index (χ1n) is 7.31. The molecule has 20 heavy (non-hydrogen) atoms. The van der Waals surface area contributed by atoms with E-state index in [1.807, 2.05) is 19.2 Å². The smallest absolute Gasteiger partial charge is 0.176 e. The largest absolute Gasteiger partial charge is 0.490 e. The molecule has 1 heterocycles. The van der Waals surface area contributed by atoms with Gasteiger partial charge in [-0.05, 0) is 24.9 Å². The maximum Gasteiger partial charge on any atom is 0.176 e. The van der Waals surface area contributed by atoms with Crippen molar-refractivity contribution in [3.63, 3.8) is 0 Å². The van der Waals surface area contributed by atoms with Gasteiger partial charge < -0.3 is 14.5 Å². The summed E-state index contributed by atoms with van der Waals surface area (Å²) in [5.74, 6) is 1.85. The van der Waals surface area contributed by atoms with E-state index in [0.717, 1.165) is 35.4 Å². The Morgan fingerprint density at radius 3 is 2.60 bits per heavy atom. The molecule has 3 nitrogen and oxygen atoms in total. The van der Waals surface area contributed by atoms with Crippen molar-refractivity contribution in [3.05, 3.63) is 29.5 Å². The van der Waals surface area contributed by atoms with Gasteiger partial charge in [-0.2, -0.15) is 0 Å². The lowest BCUT2D eigenvalue weighted by Crippen LogP contribution is -2.15. The third kappa shape index (κ3) is 2.83. The molecule has 0 spiro atoms. The van der Waals surface area contributed by atoms with Gasteiger partial charge in [0.05, 0.1) is 13.2 Å². The third-order valence-corrected chi connectivity index (χ3v) is 3.30. The molecule has 0 unspecified atom stereocenters. The minimum Gasteiger partial charge on any atom is -0.490 e.